The number of aryl methyl sites for hydroxylation is 1. The Hall–Kier alpha value is -0.0500. The number of hydrogen-bond acceptors (Lipinski definition) is 1. The lowest BCUT2D eigenvalue weighted by atomic mass is 10.1. The Morgan fingerprint density at radius 1 is 1.43 bits per heavy atom. The normalized spacial score (nSPS) is 13.3. The Labute approximate surface area is 99.2 Å². The van der Waals surface area contributed by atoms with Crippen molar-refractivity contribution in [1.82, 2.24) is 4.90 Å². The molecule has 0 aromatic heterocycles. The molecule has 0 fully saturated rings. The van der Waals surface area contributed by atoms with Crippen LogP contribution in [0.2, 0.25) is 0 Å². The van der Waals surface area contributed by atoms with Crippen LogP contribution < -0.4 is 0 Å². The Morgan fingerprint density at radius 2 is 2.07 bits per heavy atom. The summed E-state index contributed by atoms with van der Waals surface area (Å²) in [5.41, 5.74) is 2.40. The Balaban J connectivity index is 2.80. The van der Waals surface area contributed by atoms with Crippen molar-refractivity contribution in [2.45, 2.75) is 12.3 Å². The zero-order chi connectivity index (χ0) is 10.7. The molecular weight excluding hydrogens is 261 g/mol. The molecule has 1 aromatic carbocycles. The Bertz CT molecular complexity index is 312. The molecule has 0 N–H and O–H groups in total. The molecule has 1 aromatic rings. The molecule has 0 heterocycles. The van der Waals surface area contributed by atoms with E-state index >= 15 is 0 Å². The third-order valence-electron chi connectivity index (χ3n) is 2.08. The highest BCUT2D eigenvalue weighted by Gasteiger charge is 2.09. The fraction of sp³-hybridized carbons (Fsp3) is 0.455. The maximum absolute atomic E-state index is 6.26. The third-order valence-corrected chi connectivity index (χ3v) is 3.33. The molecule has 1 nitrogen and oxygen atoms in total. The van der Waals surface area contributed by atoms with E-state index in [0.29, 0.717) is 0 Å². The zero-order valence-electron chi connectivity index (χ0n) is 8.72. The van der Waals surface area contributed by atoms with Gasteiger partial charge in [-0.25, -0.2) is 0 Å². The van der Waals surface area contributed by atoms with E-state index in [1.54, 1.807) is 0 Å². The molecule has 0 aliphatic heterocycles. The van der Waals surface area contributed by atoms with Crippen molar-refractivity contribution in [2.24, 2.45) is 0 Å². The van der Waals surface area contributed by atoms with Gasteiger partial charge in [0, 0.05) is 11.0 Å². The van der Waals surface area contributed by atoms with Crippen LogP contribution >= 0.6 is 27.5 Å². The van der Waals surface area contributed by atoms with Gasteiger partial charge >= 0.3 is 0 Å². The van der Waals surface area contributed by atoms with Crippen molar-refractivity contribution in [3.05, 3.63) is 33.8 Å². The van der Waals surface area contributed by atoms with E-state index in [0.717, 1.165) is 16.6 Å². The van der Waals surface area contributed by atoms with Gasteiger partial charge in [-0.3, -0.25) is 0 Å². The molecule has 0 bridgehead atoms. The van der Waals surface area contributed by atoms with Crippen molar-refractivity contribution >= 4 is 27.5 Å². The molecule has 1 unspecified atom stereocenters. The second kappa shape index (κ2) is 5.15. The van der Waals surface area contributed by atoms with Gasteiger partial charge in [0.2, 0.25) is 0 Å². The van der Waals surface area contributed by atoms with Crippen molar-refractivity contribution in [2.75, 3.05) is 20.6 Å². The first-order valence-electron chi connectivity index (χ1n) is 4.55. The Morgan fingerprint density at radius 3 is 2.57 bits per heavy atom. The molecule has 0 saturated heterocycles. The number of halogens is 2. The van der Waals surface area contributed by atoms with Crippen LogP contribution in [-0.4, -0.2) is 25.5 Å². The van der Waals surface area contributed by atoms with Crippen molar-refractivity contribution < 1.29 is 0 Å². The van der Waals surface area contributed by atoms with E-state index in [1.807, 2.05) is 14.1 Å². The molecular formula is C11H15BrClN. The zero-order valence-corrected chi connectivity index (χ0v) is 11.1. The van der Waals surface area contributed by atoms with Crippen LogP contribution in [-0.2, 0) is 0 Å². The molecule has 3 heteroatoms. The Kier molecular flexibility index (Phi) is 4.42. The van der Waals surface area contributed by atoms with Crippen LogP contribution in [0.3, 0.4) is 0 Å². The maximum atomic E-state index is 6.26. The number of nitrogens with zero attached hydrogens (tertiary/aromatic N) is 1. The topological polar surface area (TPSA) is 3.24 Å². The predicted molar refractivity (Wildman–Crippen MR) is 66.0 cm³/mol. The molecule has 0 aliphatic carbocycles. The van der Waals surface area contributed by atoms with Gasteiger partial charge in [0.25, 0.3) is 0 Å². The summed E-state index contributed by atoms with van der Waals surface area (Å²) in [7, 11) is 4.05. The van der Waals surface area contributed by atoms with Crippen LogP contribution in [0, 0.1) is 6.92 Å². The van der Waals surface area contributed by atoms with Gasteiger partial charge in [-0.05, 0) is 38.2 Å². The summed E-state index contributed by atoms with van der Waals surface area (Å²) in [6.45, 7) is 2.93. The number of likely N-dealkylation sites (N-methyl/N-ethyl adjacent to an activating group) is 1. The average Bonchev–Trinajstić information content (AvgIpc) is 2.08. The second-order valence-corrected chi connectivity index (χ2v) is 5.12. The molecule has 14 heavy (non-hydrogen) atoms. The van der Waals surface area contributed by atoms with Gasteiger partial charge in [0.1, 0.15) is 0 Å². The molecule has 0 radical (unpaired) electrons. The van der Waals surface area contributed by atoms with E-state index in [-0.39, 0.29) is 5.38 Å². The maximum Gasteiger partial charge on any atom is 0.0712 e. The summed E-state index contributed by atoms with van der Waals surface area (Å²) >= 11 is 9.77. The molecule has 78 valence electrons. The first-order chi connectivity index (χ1) is 6.50. The first kappa shape index (κ1) is 12.0. The van der Waals surface area contributed by atoms with E-state index in [2.05, 4.69) is 46.0 Å². The highest BCUT2D eigenvalue weighted by Crippen LogP contribution is 2.25. The lowest BCUT2D eigenvalue weighted by molar-refractivity contribution is 0.408. The minimum absolute atomic E-state index is 0.0573. The molecule has 0 spiro atoms. The van der Waals surface area contributed by atoms with Gasteiger partial charge < -0.3 is 4.90 Å². The lowest BCUT2D eigenvalue weighted by Crippen LogP contribution is -2.17. The van der Waals surface area contributed by atoms with Crippen molar-refractivity contribution in [3.8, 4) is 0 Å². The molecule has 1 rings (SSSR count). The highest BCUT2D eigenvalue weighted by atomic mass is 79.9. The van der Waals surface area contributed by atoms with E-state index in [1.165, 1.54) is 5.56 Å². The average molecular weight is 277 g/mol. The second-order valence-electron chi connectivity index (χ2n) is 3.74. The summed E-state index contributed by atoms with van der Waals surface area (Å²) in [4.78, 5) is 2.09. The van der Waals surface area contributed by atoms with Gasteiger partial charge in [0.15, 0.2) is 0 Å². The van der Waals surface area contributed by atoms with Crippen LogP contribution in [0.1, 0.15) is 16.5 Å². The van der Waals surface area contributed by atoms with Crippen LogP contribution in [0.15, 0.2) is 22.7 Å². The fourth-order valence-electron chi connectivity index (χ4n) is 1.23. The van der Waals surface area contributed by atoms with Crippen LogP contribution in [0.5, 0.6) is 0 Å². The van der Waals surface area contributed by atoms with Gasteiger partial charge in [-0.15, -0.1) is 11.6 Å². The van der Waals surface area contributed by atoms with Crippen molar-refractivity contribution in [3.63, 3.8) is 0 Å². The minimum atomic E-state index is 0.0573. The highest BCUT2D eigenvalue weighted by molar-refractivity contribution is 9.10. The van der Waals surface area contributed by atoms with E-state index in [9.17, 15) is 0 Å². The summed E-state index contributed by atoms with van der Waals surface area (Å²) in [6.07, 6.45) is 0. The summed E-state index contributed by atoms with van der Waals surface area (Å²) in [5.74, 6) is 0. The molecule has 0 saturated carbocycles. The quantitative estimate of drug-likeness (QED) is 0.763. The van der Waals surface area contributed by atoms with Gasteiger partial charge in [0.05, 0.1) is 5.38 Å². The molecule has 1 atom stereocenters. The molecule has 0 aliphatic rings. The number of alkyl halides is 1. The van der Waals surface area contributed by atoms with Crippen LogP contribution in [0.4, 0.5) is 0 Å². The number of benzene rings is 1. The number of rotatable bonds is 3. The number of hydrogen-bond donors (Lipinski definition) is 0. The SMILES string of the molecule is Cc1ccc(C(Cl)CN(C)C)cc1Br. The summed E-state index contributed by atoms with van der Waals surface area (Å²) in [5, 5.41) is 0.0573. The molecule has 0 amide bonds. The standard InChI is InChI=1S/C11H15BrClN/c1-8-4-5-9(6-10(8)12)11(13)7-14(2)3/h4-6,11H,7H2,1-3H3. The van der Waals surface area contributed by atoms with Crippen molar-refractivity contribution in [1.29, 1.82) is 0 Å². The summed E-state index contributed by atoms with van der Waals surface area (Å²) < 4.78 is 1.12. The summed E-state index contributed by atoms with van der Waals surface area (Å²) in [6, 6.07) is 6.27. The van der Waals surface area contributed by atoms with E-state index < -0.39 is 0 Å². The third kappa shape index (κ3) is 3.26. The monoisotopic (exact) mass is 275 g/mol. The lowest BCUT2D eigenvalue weighted by Gasteiger charge is -2.16. The van der Waals surface area contributed by atoms with Gasteiger partial charge in [-0.2, -0.15) is 0 Å². The fourth-order valence-corrected chi connectivity index (χ4v) is 2.04. The van der Waals surface area contributed by atoms with Crippen LogP contribution in [0.25, 0.3) is 0 Å². The smallest absolute Gasteiger partial charge is 0.0712 e. The minimum Gasteiger partial charge on any atom is -0.308 e. The first-order valence-corrected chi connectivity index (χ1v) is 5.78. The largest absolute Gasteiger partial charge is 0.308 e. The predicted octanol–water partition coefficient (Wildman–Crippen LogP) is 3.60. The van der Waals surface area contributed by atoms with Gasteiger partial charge in [-0.1, -0.05) is 28.1 Å². The van der Waals surface area contributed by atoms with E-state index in [4.69, 9.17) is 11.6 Å².